The number of para-hydroxylation sites is 1. The average Bonchev–Trinajstić information content (AvgIpc) is 2.58. The maximum atomic E-state index is 10.5. The molecule has 1 aromatic carbocycles. The highest BCUT2D eigenvalue weighted by Crippen LogP contribution is 2.27. The smallest absolute Gasteiger partial charge is 0.139 e. The number of benzene rings is 1. The van der Waals surface area contributed by atoms with E-state index in [9.17, 15) is 4.79 Å². The summed E-state index contributed by atoms with van der Waals surface area (Å²) in [7, 11) is 3.94. The van der Waals surface area contributed by atoms with E-state index in [1.165, 1.54) is 10.9 Å². The van der Waals surface area contributed by atoms with Crippen molar-refractivity contribution in [2.45, 2.75) is 0 Å². The van der Waals surface area contributed by atoms with E-state index in [2.05, 4.69) is 16.7 Å². The van der Waals surface area contributed by atoms with Gasteiger partial charge >= 0.3 is 0 Å². The lowest BCUT2D eigenvalue weighted by Crippen LogP contribution is -2.18. The fraction of sp³-hybridized carbons (Fsp3) is 0.250. The molecule has 0 saturated heterocycles. The second-order valence-corrected chi connectivity index (χ2v) is 3.69. The Morgan fingerprint density at radius 1 is 1.40 bits per heavy atom. The first-order chi connectivity index (χ1) is 7.24. The normalized spacial score (nSPS) is 10.5. The molecule has 3 nitrogen and oxygen atoms in total. The van der Waals surface area contributed by atoms with Crippen LogP contribution in [0.15, 0.2) is 30.5 Å². The first kappa shape index (κ1) is 9.77. The zero-order valence-electron chi connectivity index (χ0n) is 8.97. The Balaban J connectivity index is 2.56. The molecule has 0 spiro atoms. The van der Waals surface area contributed by atoms with Crippen molar-refractivity contribution in [1.29, 1.82) is 0 Å². The summed E-state index contributed by atoms with van der Waals surface area (Å²) in [6.45, 7) is 0.425. The molecule has 0 bridgehead atoms. The maximum Gasteiger partial charge on any atom is 0.139 e. The number of rotatable bonds is 3. The molecule has 78 valence electrons. The number of likely N-dealkylation sites (N-methyl/N-ethyl adjacent to an activating group) is 1. The van der Waals surface area contributed by atoms with Crippen LogP contribution in [-0.4, -0.2) is 24.4 Å². The van der Waals surface area contributed by atoms with E-state index < -0.39 is 0 Å². The summed E-state index contributed by atoms with van der Waals surface area (Å²) in [5.41, 5.74) is 2.28. The zero-order chi connectivity index (χ0) is 10.8. The molecule has 2 aromatic rings. The number of hydrogen-bond acceptors (Lipinski definition) is 2. The fourth-order valence-corrected chi connectivity index (χ4v) is 1.83. The van der Waals surface area contributed by atoms with Crippen molar-refractivity contribution in [2.24, 2.45) is 7.05 Å². The van der Waals surface area contributed by atoms with Gasteiger partial charge in [-0.15, -0.1) is 0 Å². The van der Waals surface area contributed by atoms with Crippen molar-refractivity contribution >= 4 is 22.9 Å². The van der Waals surface area contributed by atoms with Crippen molar-refractivity contribution < 1.29 is 4.79 Å². The number of aryl methyl sites for hydroxylation is 1. The van der Waals surface area contributed by atoms with E-state index >= 15 is 0 Å². The molecule has 0 saturated carbocycles. The van der Waals surface area contributed by atoms with Crippen molar-refractivity contribution in [3.8, 4) is 0 Å². The zero-order valence-corrected chi connectivity index (χ0v) is 8.97. The molecule has 0 unspecified atom stereocenters. The van der Waals surface area contributed by atoms with Crippen molar-refractivity contribution in [3.05, 3.63) is 30.5 Å². The topological polar surface area (TPSA) is 25.2 Å². The third-order valence-electron chi connectivity index (χ3n) is 2.64. The summed E-state index contributed by atoms with van der Waals surface area (Å²) in [6.07, 6.45) is 2.97. The van der Waals surface area contributed by atoms with Gasteiger partial charge in [0.1, 0.15) is 6.29 Å². The second-order valence-electron chi connectivity index (χ2n) is 3.69. The molecule has 0 fully saturated rings. The van der Waals surface area contributed by atoms with E-state index in [1.54, 1.807) is 0 Å². The minimum atomic E-state index is 0.425. The number of fused-ring (bicyclic) bond motifs is 1. The minimum Gasteiger partial charge on any atom is -0.366 e. The summed E-state index contributed by atoms with van der Waals surface area (Å²) < 4.78 is 2.08. The Hall–Kier alpha value is -1.77. The predicted molar refractivity (Wildman–Crippen MR) is 62.3 cm³/mol. The molecule has 0 amide bonds. The van der Waals surface area contributed by atoms with E-state index in [4.69, 9.17) is 0 Å². The molecule has 3 heteroatoms. The van der Waals surface area contributed by atoms with Gasteiger partial charge in [-0.25, -0.2) is 0 Å². The quantitative estimate of drug-likeness (QED) is 0.709. The van der Waals surface area contributed by atoms with Crippen LogP contribution in [0.5, 0.6) is 0 Å². The van der Waals surface area contributed by atoms with Gasteiger partial charge in [0.05, 0.1) is 12.2 Å². The minimum absolute atomic E-state index is 0.425. The predicted octanol–water partition coefficient (Wildman–Crippen LogP) is 1.81. The maximum absolute atomic E-state index is 10.5. The third-order valence-corrected chi connectivity index (χ3v) is 2.64. The summed E-state index contributed by atoms with van der Waals surface area (Å²) in [5.74, 6) is 0. The van der Waals surface area contributed by atoms with Crippen LogP contribution >= 0.6 is 0 Å². The lowest BCUT2D eigenvalue weighted by atomic mass is 10.2. The van der Waals surface area contributed by atoms with Crippen LogP contribution in [0.1, 0.15) is 0 Å². The van der Waals surface area contributed by atoms with Crippen LogP contribution in [0, 0.1) is 0 Å². The van der Waals surface area contributed by atoms with Gasteiger partial charge in [-0.1, -0.05) is 18.2 Å². The van der Waals surface area contributed by atoms with E-state index in [-0.39, 0.29) is 0 Å². The highest BCUT2D eigenvalue weighted by molar-refractivity contribution is 5.93. The SMILES string of the molecule is CN(CC=O)c1cn(C)c2ccccc12. The van der Waals surface area contributed by atoms with E-state index in [0.717, 1.165) is 12.0 Å². The monoisotopic (exact) mass is 202 g/mol. The van der Waals surface area contributed by atoms with Crippen molar-refractivity contribution in [3.63, 3.8) is 0 Å². The Bertz CT molecular complexity index is 487. The van der Waals surface area contributed by atoms with E-state index in [0.29, 0.717) is 6.54 Å². The first-order valence-corrected chi connectivity index (χ1v) is 4.93. The molecular formula is C12H14N2O. The highest BCUT2D eigenvalue weighted by atomic mass is 16.1. The summed E-state index contributed by atoms with van der Waals surface area (Å²) in [4.78, 5) is 12.4. The molecule has 0 atom stereocenters. The van der Waals surface area contributed by atoms with Gasteiger partial charge in [0.2, 0.25) is 0 Å². The van der Waals surface area contributed by atoms with Gasteiger partial charge < -0.3 is 14.3 Å². The third kappa shape index (κ3) is 1.61. The molecule has 1 heterocycles. The van der Waals surface area contributed by atoms with Gasteiger partial charge in [-0.2, -0.15) is 0 Å². The molecule has 0 radical (unpaired) electrons. The number of aromatic nitrogens is 1. The second kappa shape index (κ2) is 3.77. The Kier molecular flexibility index (Phi) is 2.46. The summed E-state index contributed by atoms with van der Waals surface area (Å²) in [6, 6.07) is 8.19. The van der Waals surface area contributed by atoms with E-state index in [1.807, 2.05) is 37.3 Å². The Morgan fingerprint density at radius 3 is 2.87 bits per heavy atom. The van der Waals surface area contributed by atoms with Gasteiger partial charge in [0.25, 0.3) is 0 Å². The largest absolute Gasteiger partial charge is 0.366 e. The lowest BCUT2D eigenvalue weighted by Gasteiger charge is -2.14. The number of carbonyl (C=O) groups is 1. The fourth-order valence-electron chi connectivity index (χ4n) is 1.83. The van der Waals surface area contributed by atoms with Gasteiger partial charge in [-0.3, -0.25) is 0 Å². The molecule has 0 aliphatic heterocycles. The van der Waals surface area contributed by atoms with Crippen LogP contribution in [-0.2, 0) is 11.8 Å². The van der Waals surface area contributed by atoms with Gasteiger partial charge in [0, 0.05) is 31.2 Å². The van der Waals surface area contributed by atoms with Gasteiger partial charge in [-0.05, 0) is 6.07 Å². The summed E-state index contributed by atoms with van der Waals surface area (Å²) >= 11 is 0. The van der Waals surface area contributed by atoms with Crippen LogP contribution in [0.2, 0.25) is 0 Å². The highest BCUT2D eigenvalue weighted by Gasteiger charge is 2.08. The van der Waals surface area contributed by atoms with Crippen LogP contribution < -0.4 is 4.90 Å². The van der Waals surface area contributed by atoms with Crippen molar-refractivity contribution in [2.75, 3.05) is 18.5 Å². The molecule has 0 N–H and O–H groups in total. The number of nitrogens with zero attached hydrogens (tertiary/aromatic N) is 2. The average molecular weight is 202 g/mol. The number of hydrogen-bond donors (Lipinski definition) is 0. The Labute approximate surface area is 88.9 Å². The lowest BCUT2D eigenvalue weighted by molar-refractivity contribution is -0.106. The molecule has 1 aromatic heterocycles. The number of carbonyl (C=O) groups excluding carboxylic acids is 1. The van der Waals surface area contributed by atoms with Gasteiger partial charge in [0.15, 0.2) is 0 Å². The Morgan fingerprint density at radius 2 is 2.13 bits per heavy atom. The molecule has 0 aliphatic carbocycles. The van der Waals surface area contributed by atoms with Crippen LogP contribution in [0.3, 0.4) is 0 Å². The molecule has 0 aliphatic rings. The number of aldehydes is 1. The molecule has 2 rings (SSSR count). The van der Waals surface area contributed by atoms with Crippen molar-refractivity contribution in [1.82, 2.24) is 4.57 Å². The molecule has 15 heavy (non-hydrogen) atoms. The summed E-state index contributed by atoms with van der Waals surface area (Å²) in [5, 5.41) is 1.18. The number of anilines is 1. The first-order valence-electron chi connectivity index (χ1n) is 4.93. The standard InChI is InChI=1S/C12H14N2O/c1-13(7-8-15)12-9-14(2)11-6-4-3-5-10(11)12/h3-6,8-9H,7H2,1-2H3. The van der Waals surface area contributed by atoms with Crippen LogP contribution in [0.4, 0.5) is 5.69 Å². The van der Waals surface area contributed by atoms with Crippen LogP contribution in [0.25, 0.3) is 10.9 Å². The molecular weight excluding hydrogens is 188 g/mol.